The SMILES string of the molecule is CCCCOc1ccc(C2(C(F)(F)F)CC(c3ccc(C)cc3)=C(c3nnn(CC)n3)C(=O)N2)cc1. The van der Waals surface area contributed by atoms with Crippen LogP contribution >= 0.6 is 0 Å². The molecule has 0 fully saturated rings. The molecule has 4 rings (SSSR count). The summed E-state index contributed by atoms with van der Waals surface area (Å²) in [6.07, 6.45) is -3.53. The average molecular weight is 500 g/mol. The number of aryl methyl sites for hydroxylation is 2. The number of alkyl halides is 3. The number of unbranched alkanes of at least 4 members (excludes halogenated alkanes) is 1. The first-order valence-corrected chi connectivity index (χ1v) is 11.9. The number of amides is 1. The number of hydrogen-bond donors (Lipinski definition) is 1. The molecule has 0 aliphatic carbocycles. The Morgan fingerprint density at radius 3 is 2.36 bits per heavy atom. The number of hydrogen-bond acceptors (Lipinski definition) is 5. The molecular formula is C26H28F3N5O2. The van der Waals surface area contributed by atoms with E-state index in [1.807, 2.05) is 13.8 Å². The normalized spacial score (nSPS) is 18.3. The van der Waals surface area contributed by atoms with E-state index in [2.05, 4.69) is 20.7 Å². The second kappa shape index (κ2) is 10.1. The Morgan fingerprint density at radius 1 is 1.08 bits per heavy atom. The molecule has 2 aromatic carbocycles. The largest absolute Gasteiger partial charge is 0.494 e. The zero-order chi connectivity index (χ0) is 25.9. The quantitative estimate of drug-likeness (QED) is 0.438. The predicted molar refractivity (Wildman–Crippen MR) is 129 cm³/mol. The van der Waals surface area contributed by atoms with Gasteiger partial charge in [0.2, 0.25) is 5.82 Å². The first-order chi connectivity index (χ1) is 17.2. The van der Waals surface area contributed by atoms with E-state index in [-0.39, 0.29) is 22.5 Å². The summed E-state index contributed by atoms with van der Waals surface area (Å²) in [4.78, 5) is 14.7. The molecule has 0 spiro atoms. The number of carbonyl (C=O) groups excluding carboxylic acids is 1. The summed E-state index contributed by atoms with van der Waals surface area (Å²) >= 11 is 0. The fourth-order valence-electron chi connectivity index (χ4n) is 4.19. The lowest BCUT2D eigenvalue weighted by Gasteiger charge is -2.41. The summed E-state index contributed by atoms with van der Waals surface area (Å²) in [7, 11) is 0. The van der Waals surface area contributed by atoms with Gasteiger partial charge >= 0.3 is 6.18 Å². The van der Waals surface area contributed by atoms with Crippen LogP contribution in [0.5, 0.6) is 5.75 Å². The van der Waals surface area contributed by atoms with Gasteiger partial charge in [-0.3, -0.25) is 4.79 Å². The molecule has 1 unspecified atom stereocenters. The fourth-order valence-corrected chi connectivity index (χ4v) is 4.19. The standard InChI is InChI=1S/C26H28F3N5O2/c1-4-6-15-36-20-13-11-19(12-14-20)25(26(27,28)29)16-21(18-9-7-17(3)8-10-18)22(24(35)30-25)23-31-33-34(5-2)32-23/h7-14H,4-6,15-16H2,1-3H3,(H,30,35). The van der Waals surface area contributed by atoms with Gasteiger partial charge in [0.15, 0.2) is 5.54 Å². The summed E-state index contributed by atoms with van der Waals surface area (Å²) in [5.74, 6) is -0.449. The van der Waals surface area contributed by atoms with Crippen LogP contribution in [0.15, 0.2) is 48.5 Å². The van der Waals surface area contributed by atoms with Crippen LogP contribution in [0.2, 0.25) is 0 Å². The molecule has 3 aromatic rings. The molecule has 1 N–H and O–H groups in total. The number of carbonyl (C=O) groups is 1. The summed E-state index contributed by atoms with van der Waals surface area (Å²) in [6.45, 7) is 6.58. The summed E-state index contributed by atoms with van der Waals surface area (Å²) in [5.41, 5.74) is -1.10. The molecule has 1 amide bonds. The molecule has 2 heterocycles. The molecule has 0 radical (unpaired) electrons. The average Bonchev–Trinajstić information content (AvgIpc) is 3.32. The van der Waals surface area contributed by atoms with Gasteiger partial charge in [-0.1, -0.05) is 55.3 Å². The lowest BCUT2D eigenvalue weighted by Crippen LogP contribution is -2.58. The highest BCUT2D eigenvalue weighted by molar-refractivity contribution is 6.27. The molecule has 190 valence electrons. The van der Waals surface area contributed by atoms with E-state index in [1.165, 1.54) is 29.1 Å². The summed E-state index contributed by atoms with van der Waals surface area (Å²) < 4.78 is 50.1. The number of ether oxygens (including phenoxy) is 1. The van der Waals surface area contributed by atoms with Crippen LogP contribution in [-0.2, 0) is 16.9 Å². The number of nitrogens with zero attached hydrogens (tertiary/aromatic N) is 4. The van der Waals surface area contributed by atoms with Gasteiger partial charge in [-0.2, -0.15) is 18.0 Å². The highest BCUT2D eigenvalue weighted by Crippen LogP contribution is 2.49. The Kier molecular flexibility index (Phi) is 7.14. The maximum absolute atomic E-state index is 14.8. The molecule has 36 heavy (non-hydrogen) atoms. The summed E-state index contributed by atoms with van der Waals surface area (Å²) in [5, 5.41) is 14.3. The highest BCUT2D eigenvalue weighted by atomic mass is 19.4. The molecule has 1 aromatic heterocycles. The molecule has 1 aliphatic rings. The van der Waals surface area contributed by atoms with Crippen molar-refractivity contribution in [1.82, 2.24) is 25.5 Å². The van der Waals surface area contributed by atoms with Crippen LogP contribution in [0.4, 0.5) is 13.2 Å². The smallest absolute Gasteiger partial charge is 0.416 e. The van der Waals surface area contributed by atoms with E-state index in [4.69, 9.17) is 4.74 Å². The molecule has 1 atom stereocenters. The van der Waals surface area contributed by atoms with Gasteiger partial charge in [0.1, 0.15) is 5.75 Å². The first kappa shape index (κ1) is 25.4. The monoisotopic (exact) mass is 499 g/mol. The van der Waals surface area contributed by atoms with Crippen LogP contribution < -0.4 is 10.1 Å². The van der Waals surface area contributed by atoms with Crippen molar-refractivity contribution < 1.29 is 22.7 Å². The summed E-state index contributed by atoms with van der Waals surface area (Å²) in [6, 6.07) is 12.7. The van der Waals surface area contributed by atoms with E-state index in [0.717, 1.165) is 18.4 Å². The number of benzene rings is 2. The molecule has 0 saturated heterocycles. The lowest BCUT2D eigenvalue weighted by atomic mass is 9.76. The molecule has 0 saturated carbocycles. The zero-order valence-electron chi connectivity index (χ0n) is 20.4. The van der Waals surface area contributed by atoms with Crippen molar-refractivity contribution >= 4 is 17.1 Å². The van der Waals surface area contributed by atoms with Crippen LogP contribution in [0.3, 0.4) is 0 Å². The van der Waals surface area contributed by atoms with Crippen molar-refractivity contribution in [2.24, 2.45) is 0 Å². The van der Waals surface area contributed by atoms with Crippen LogP contribution in [0.1, 0.15) is 55.6 Å². The van der Waals surface area contributed by atoms with Gasteiger partial charge in [-0.05, 0) is 54.3 Å². The molecule has 1 aliphatic heterocycles. The van der Waals surface area contributed by atoms with Gasteiger partial charge in [-0.15, -0.1) is 10.2 Å². The van der Waals surface area contributed by atoms with Gasteiger partial charge in [0, 0.05) is 6.42 Å². The van der Waals surface area contributed by atoms with Gasteiger partial charge in [0.25, 0.3) is 5.91 Å². The fraction of sp³-hybridized carbons (Fsp3) is 0.385. The lowest BCUT2D eigenvalue weighted by molar-refractivity contribution is -0.201. The number of nitrogens with one attached hydrogen (secondary N) is 1. The topological polar surface area (TPSA) is 81.9 Å². The third kappa shape index (κ3) is 4.84. The minimum atomic E-state index is -4.79. The van der Waals surface area contributed by atoms with Crippen molar-refractivity contribution in [3.05, 3.63) is 71.0 Å². The Bertz CT molecular complexity index is 1250. The highest BCUT2D eigenvalue weighted by Gasteiger charge is 2.59. The van der Waals surface area contributed by atoms with Crippen molar-refractivity contribution in [3.63, 3.8) is 0 Å². The van der Waals surface area contributed by atoms with E-state index in [0.29, 0.717) is 24.5 Å². The van der Waals surface area contributed by atoms with Crippen LogP contribution in [-0.4, -0.2) is 38.9 Å². The number of tetrazole rings is 1. The van der Waals surface area contributed by atoms with E-state index >= 15 is 0 Å². The maximum atomic E-state index is 14.8. The third-order valence-corrected chi connectivity index (χ3v) is 6.25. The van der Waals surface area contributed by atoms with Crippen molar-refractivity contribution in [2.75, 3.05) is 6.61 Å². The number of halogens is 3. The first-order valence-electron chi connectivity index (χ1n) is 11.9. The molecule has 0 bridgehead atoms. The second-order valence-electron chi connectivity index (χ2n) is 8.78. The predicted octanol–water partition coefficient (Wildman–Crippen LogP) is 5.07. The zero-order valence-corrected chi connectivity index (χ0v) is 20.4. The van der Waals surface area contributed by atoms with Gasteiger partial charge in [-0.25, -0.2) is 0 Å². The second-order valence-corrected chi connectivity index (χ2v) is 8.78. The van der Waals surface area contributed by atoms with E-state index in [1.54, 1.807) is 31.2 Å². The Labute approximate surface area is 207 Å². The van der Waals surface area contributed by atoms with Crippen LogP contribution in [0.25, 0.3) is 11.1 Å². The van der Waals surface area contributed by atoms with Crippen LogP contribution in [0, 0.1) is 6.92 Å². The Balaban J connectivity index is 1.84. The third-order valence-electron chi connectivity index (χ3n) is 6.25. The van der Waals surface area contributed by atoms with Gasteiger partial charge in [0.05, 0.1) is 18.7 Å². The van der Waals surface area contributed by atoms with E-state index < -0.39 is 24.0 Å². The number of rotatable bonds is 8. The molecular weight excluding hydrogens is 471 g/mol. The minimum absolute atomic E-state index is 0.0135. The molecule has 10 heteroatoms. The van der Waals surface area contributed by atoms with Crippen molar-refractivity contribution in [1.29, 1.82) is 0 Å². The van der Waals surface area contributed by atoms with E-state index in [9.17, 15) is 18.0 Å². The van der Waals surface area contributed by atoms with Gasteiger partial charge < -0.3 is 10.1 Å². The minimum Gasteiger partial charge on any atom is -0.494 e. The Morgan fingerprint density at radius 2 is 1.78 bits per heavy atom. The van der Waals surface area contributed by atoms with Crippen molar-refractivity contribution in [2.45, 2.75) is 58.3 Å². The van der Waals surface area contributed by atoms with Crippen molar-refractivity contribution in [3.8, 4) is 5.75 Å². The number of aromatic nitrogens is 4. The maximum Gasteiger partial charge on any atom is 0.416 e. The Hall–Kier alpha value is -3.69. The molecule has 7 nitrogen and oxygen atoms in total.